The topological polar surface area (TPSA) is 64.0 Å². The third kappa shape index (κ3) is 3.48. The van der Waals surface area contributed by atoms with E-state index in [-0.39, 0.29) is 11.5 Å². The Balaban J connectivity index is 1.36. The SMILES string of the molecule is CCCCn1nc(C(=O)NC[C@H]2CC3c4ccccc4C2c2ccccc23)ccc1=O. The molecule has 1 heterocycles. The molecule has 0 aliphatic heterocycles. The Hall–Kier alpha value is -3.21. The normalized spacial score (nSPS) is 20.7. The van der Waals surface area contributed by atoms with Crippen LogP contribution >= 0.6 is 0 Å². The van der Waals surface area contributed by atoms with Gasteiger partial charge in [-0.05, 0) is 47.1 Å². The molecule has 0 radical (unpaired) electrons. The van der Waals surface area contributed by atoms with Gasteiger partial charge in [-0.2, -0.15) is 5.10 Å². The second-order valence-corrected chi connectivity index (χ2v) is 8.63. The zero-order chi connectivity index (χ0) is 21.4. The quantitative estimate of drug-likeness (QED) is 0.663. The van der Waals surface area contributed by atoms with E-state index in [1.54, 1.807) is 0 Å². The van der Waals surface area contributed by atoms with Crippen LogP contribution in [-0.4, -0.2) is 22.2 Å². The molecule has 0 unspecified atom stereocenters. The summed E-state index contributed by atoms with van der Waals surface area (Å²) >= 11 is 0. The van der Waals surface area contributed by atoms with Gasteiger partial charge in [0.2, 0.25) is 0 Å². The highest BCUT2D eigenvalue weighted by Crippen LogP contribution is 2.55. The first kappa shape index (κ1) is 19.7. The smallest absolute Gasteiger partial charge is 0.271 e. The zero-order valence-electron chi connectivity index (χ0n) is 17.8. The molecule has 3 aliphatic carbocycles. The molecule has 3 aliphatic rings. The number of carbonyl (C=O) groups is 1. The highest BCUT2D eigenvalue weighted by molar-refractivity contribution is 5.92. The van der Waals surface area contributed by atoms with Crippen molar-refractivity contribution in [2.45, 2.75) is 44.6 Å². The fourth-order valence-corrected chi connectivity index (χ4v) is 5.31. The summed E-state index contributed by atoms with van der Waals surface area (Å²) in [4.78, 5) is 24.8. The van der Waals surface area contributed by atoms with Gasteiger partial charge in [0.1, 0.15) is 5.69 Å². The zero-order valence-corrected chi connectivity index (χ0v) is 17.8. The van der Waals surface area contributed by atoms with Crippen molar-refractivity contribution in [2.75, 3.05) is 6.54 Å². The van der Waals surface area contributed by atoms with E-state index in [0.29, 0.717) is 36.5 Å². The third-order valence-electron chi connectivity index (χ3n) is 6.77. The summed E-state index contributed by atoms with van der Waals surface area (Å²) < 4.78 is 1.40. The minimum absolute atomic E-state index is 0.164. The van der Waals surface area contributed by atoms with E-state index in [4.69, 9.17) is 0 Å². The van der Waals surface area contributed by atoms with Crippen molar-refractivity contribution < 1.29 is 4.79 Å². The number of aromatic nitrogens is 2. The summed E-state index contributed by atoms with van der Waals surface area (Å²) in [7, 11) is 0. The number of fused-ring (bicyclic) bond motifs is 1. The number of benzene rings is 2. The molecule has 5 nitrogen and oxygen atoms in total. The van der Waals surface area contributed by atoms with E-state index in [0.717, 1.165) is 19.3 Å². The van der Waals surface area contributed by atoms with Gasteiger partial charge in [0, 0.05) is 31.0 Å². The first-order valence-corrected chi connectivity index (χ1v) is 11.2. The minimum Gasteiger partial charge on any atom is -0.350 e. The van der Waals surface area contributed by atoms with E-state index in [1.165, 1.54) is 39.1 Å². The Morgan fingerprint density at radius 3 is 2.29 bits per heavy atom. The molecule has 6 rings (SSSR count). The fraction of sp³-hybridized carbons (Fsp3) is 0.346. The second kappa shape index (κ2) is 8.14. The molecule has 0 saturated heterocycles. The van der Waals surface area contributed by atoms with Crippen molar-refractivity contribution in [3.63, 3.8) is 0 Å². The molecule has 0 spiro atoms. The van der Waals surface area contributed by atoms with Crippen LogP contribution in [0.2, 0.25) is 0 Å². The van der Waals surface area contributed by atoms with Gasteiger partial charge in [0.05, 0.1) is 0 Å². The number of rotatable bonds is 6. The fourth-order valence-electron chi connectivity index (χ4n) is 5.31. The van der Waals surface area contributed by atoms with Gasteiger partial charge in [0.25, 0.3) is 11.5 Å². The highest BCUT2D eigenvalue weighted by Gasteiger charge is 2.42. The molecule has 5 heteroatoms. The molecule has 0 saturated carbocycles. The molecule has 3 aromatic rings. The van der Waals surface area contributed by atoms with Gasteiger partial charge in [-0.3, -0.25) is 9.59 Å². The van der Waals surface area contributed by atoms with E-state index in [2.05, 4.69) is 65.9 Å². The van der Waals surface area contributed by atoms with Crippen LogP contribution in [0.1, 0.15) is 70.8 Å². The molecule has 2 bridgehead atoms. The van der Waals surface area contributed by atoms with Crippen molar-refractivity contribution in [2.24, 2.45) is 5.92 Å². The predicted molar refractivity (Wildman–Crippen MR) is 120 cm³/mol. The molecular weight excluding hydrogens is 386 g/mol. The average molecular weight is 414 g/mol. The van der Waals surface area contributed by atoms with Gasteiger partial charge in [0.15, 0.2) is 0 Å². The number of unbranched alkanes of at least 4 members (excludes halogenated alkanes) is 1. The van der Waals surface area contributed by atoms with Gasteiger partial charge in [-0.15, -0.1) is 0 Å². The van der Waals surface area contributed by atoms with Gasteiger partial charge in [-0.25, -0.2) is 4.68 Å². The second-order valence-electron chi connectivity index (χ2n) is 8.63. The molecule has 0 fully saturated rings. The predicted octanol–water partition coefficient (Wildman–Crippen LogP) is 4.07. The lowest BCUT2D eigenvalue weighted by Crippen LogP contribution is -2.40. The van der Waals surface area contributed by atoms with E-state index in [1.807, 2.05) is 0 Å². The van der Waals surface area contributed by atoms with Crippen molar-refractivity contribution in [3.8, 4) is 0 Å². The Bertz CT molecular complexity index is 1140. The minimum atomic E-state index is -0.215. The lowest BCUT2D eigenvalue weighted by Gasteiger charge is -2.45. The summed E-state index contributed by atoms with van der Waals surface area (Å²) in [6.45, 7) is 3.20. The van der Waals surface area contributed by atoms with Gasteiger partial charge in [-0.1, -0.05) is 61.9 Å². The van der Waals surface area contributed by atoms with Crippen LogP contribution in [0.4, 0.5) is 0 Å². The number of nitrogens with zero attached hydrogens (tertiary/aromatic N) is 2. The molecule has 2 aromatic carbocycles. The number of hydrogen-bond donors (Lipinski definition) is 1. The first-order chi connectivity index (χ1) is 15.2. The van der Waals surface area contributed by atoms with Crippen LogP contribution in [0, 0.1) is 5.92 Å². The maximum atomic E-state index is 12.8. The van der Waals surface area contributed by atoms with Crippen LogP contribution in [0.5, 0.6) is 0 Å². The van der Waals surface area contributed by atoms with Gasteiger partial charge >= 0.3 is 0 Å². The number of hydrogen-bond acceptors (Lipinski definition) is 3. The maximum Gasteiger partial charge on any atom is 0.271 e. The van der Waals surface area contributed by atoms with E-state index >= 15 is 0 Å². The average Bonchev–Trinajstić information content (AvgIpc) is 2.82. The van der Waals surface area contributed by atoms with Gasteiger partial charge < -0.3 is 5.32 Å². The Morgan fingerprint density at radius 2 is 1.65 bits per heavy atom. The standard InChI is InChI=1S/C26H27N3O2/c1-2-3-14-29-24(30)13-12-23(28-29)26(31)27-16-17-15-22-18-8-4-6-10-20(18)25(17)21-11-7-5-9-19(21)22/h4-13,17,22,25H,2-3,14-16H2,1H3,(H,27,31)/t17-,22?,25?/m1/s1. The van der Waals surface area contributed by atoms with Crippen LogP contribution in [0.15, 0.2) is 65.5 Å². The molecular formula is C26H27N3O2. The summed E-state index contributed by atoms with van der Waals surface area (Å²) in [6.07, 6.45) is 2.86. The van der Waals surface area contributed by atoms with Crippen molar-refractivity contribution >= 4 is 5.91 Å². The number of carbonyl (C=O) groups excluding carboxylic acids is 1. The van der Waals surface area contributed by atoms with Crippen LogP contribution in [0.25, 0.3) is 0 Å². The van der Waals surface area contributed by atoms with Crippen LogP contribution < -0.4 is 10.9 Å². The van der Waals surface area contributed by atoms with Crippen molar-refractivity contribution in [1.82, 2.24) is 15.1 Å². The Labute approximate surface area is 182 Å². The summed E-state index contributed by atoms with van der Waals surface area (Å²) in [5.41, 5.74) is 5.78. The summed E-state index contributed by atoms with van der Waals surface area (Å²) in [5, 5.41) is 7.39. The maximum absolute atomic E-state index is 12.8. The highest BCUT2D eigenvalue weighted by atomic mass is 16.2. The molecule has 1 N–H and O–H groups in total. The lowest BCUT2D eigenvalue weighted by molar-refractivity contribution is 0.0935. The third-order valence-corrected chi connectivity index (χ3v) is 6.77. The molecule has 1 aromatic heterocycles. The number of nitrogens with one attached hydrogen (secondary N) is 1. The lowest BCUT2D eigenvalue weighted by atomic mass is 9.59. The van der Waals surface area contributed by atoms with E-state index in [9.17, 15) is 9.59 Å². The van der Waals surface area contributed by atoms with Crippen LogP contribution in [-0.2, 0) is 6.54 Å². The molecule has 1 atom stereocenters. The molecule has 31 heavy (non-hydrogen) atoms. The van der Waals surface area contributed by atoms with E-state index < -0.39 is 0 Å². The number of aryl methyl sites for hydroxylation is 1. The molecule has 1 amide bonds. The molecule has 158 valence electrons. The Kier molecular flexibility index (Phi) is 5.18. The van der Waals surface area contributed by atoms with Crippen molar-refractivity contribution in [1.29, 1.82) is 0 Å². The first-order valence-electron chi connectivity index (χ1n) is 11.2. The monoisotopic (exact) mass is 413 g/mol. The largest absolute Gasteiger partial charge is 0.350 e. The number of amides is 1. The summed E-state index contributed by atoms with van der Waals surface area (Å²) in [5.74, 6) is 0.801. The summed E-state index contributed by atoms with van der Waals surface area (Å²) in [6, 6.07) is 20.4. The Morgan fingerprint density at radius 1 is 1.00 bits per heavy atom. The van der Waals surface area contributed by atoms with Crippen molar-refractivity contribution in [3.05, 3.63) is 99.0 Å². The van der Waals surface area contributed by atoms with Crippen LogP contribution in [0.3, 0.4) is 0 Å².